The van der Waals surface area contributed by atoms with Gasteiger partial charge in [-0.15, -0.1) is 10.2 Å². The molecule has 1 aliphatic heterocycles. The minimum atomic E-state index is -0.267. The van der Waals surface area contributed by atoms with Crippen LogP contribution in [0.5, 0.6) is 0 Å². The zero-order valence-corrected chi connectivity index (χ0v) is 22.7. The number of piperazine rings is 1. The molecular weight excluding hydrogens is 530 g/mol. The molecule has 0 spiro atoms. The van der Waals surface area contributed by atoms with Crippen LogP contribution in [-0.2, 0) is 11.3 Å². The third-order valence-corrected chi connectivity index (χ3v) is 8.12. The summed E-state index contributed by atoms with van der Waals surface area (Å²) >= 11 is 1.48. The Hall–Kier alpha value is -4.05. The van der Waals surface area contributed by atoms with E-state index in [0.717, 1.165) is 27.6 Å². The number of hydrogen-bond donors (Lipinski definition) is 0. The summed E-state index contributed by atoms with van der Waals surface area (Å²) in [5, 5.41) is 10.4. The van der Waals surface area contributed by atoms with Gasteiger partial charge < -0.3 is 14.4 Å². The molecule has 2 aromatic heterocycles. The molecule has 10 heteroatoms. The molecule has 204 valence electrons. The lowest BCUT2D eigenvalue weighted by Gasteiger charge is -2.36. The fraction of sp³-hybridized carbons (Fsp3) is 0.267. The Balaban J connectivity index is 1.07. The molecule has 1 aliphatic rings. The second-order valence-electron chi connectivity index (χ2n) is 9.77. The van der Waals surface area contributed by atoms with Gasteiger partial charge in [-0.2, -0.15) is 0 Å². The number of carbonyl (C=O) groups is 1. The van der Waals surface area contributed by atoms with Crippen molar-refractivity contribution in [2.45, 2.75) is 24.5 Å². The Labute approximate surface area is 234 Å². The monoisotopic (exact) mass is 558 g/mol. The topological polar surface area (TPSA) is 67.2 Å². The number of halogens is 2. The van der Waals surface area contributed by atoms with Crippen LogP contribution in [0.2, 0.25) is 0 Å². The molecule has 0 saturated carbocycles. The van der Waals surface area contributed by atoms with Crippen molar-refractivity contribution in [1.82, 2.24) is 24.6 Å². The van der Waals surface area contributed by atoms with Crippen molar-refractivity contribution in [3.05, 3.63) is 90.0 Å². The Bertz CT molecular complexity index is 1650. The van der Waals surface area contributed by atoms with Crippen molar-refractivity contribution >= 4 is 45.4 Å². The number of anilines is 1. The molecule has 1 fully saturated rings. The Kier molecular flexibility index (Phi) is 7.59. The zero-order valence-electron chi connectivity index (χ0n) is 21.8. The second-order valence-corrected chi connectivity index (χ2v) is 10.8. The highest BCUT2D eigenvalue weighted by Crippen LogP contribution is 2.28. The number of rotatable bonds is 8. The van der Waals surface area contributed by atoms with Crippen LogP contribution in [-0.4, -0.2) is 62.5 Å². The first-order valence-corrected chi connectivity index (χ1v) is 14.3. The van der Waals surface area contributed by atoms with Gasteiger partial charge in [0.25, 0.3) is 0 Å². The number of amides is 1. The van der Waals surface area contributed by atoms with E-state index in [9.17, 15) is 13.6 Å². The molecule has 5 aromatic rings. The molecule has 7 nitrogen and oxygen atoms in total. The molecule has 0 unspecified atom stereocenters. The van der Waals surface area contributed by atoms with Gasteiger partial charge in [-0.25, -0.2) is 13.8 Å². The second kappa shape index (κ2) is 11.6. The van der Waals surface area contributed by atoms with E-state index in [0.29, 0.717) is 62.2 Å². The average molecular weight is 559 g/mol. The number of thioether (sulfide) groups is 1. The standard InChI is InChI=1S/C30H28F2N6OS/c31-22-13-11-21(12-14-22)20-38-25-8-3-1-6-23(25)28-29(38)33-30(35-34-28)40-19-5-10-27(39)37-17-15-36(16-18-37)26-9-4-2-7-24(26)32/h1-4,6-9,11-14H,5,10,15-20H2. The fourth-order valence-corrected chi connectivity index (χ4v) is 5.85. The van der Waals surface area contributed by atoms with E-state index in [1.807, 2.05) is 40.1 Å². The number of nitrogens with zero attached hydrogens (tertiary/aromatic N) is 6. The maximum absolute atomic E-state index is 14.1. The molecule has 0 aliphatic carbocycles. The Morgan fingerprint density at radius 1 is 0.875 bits per heavy atom. The van der Waals surface area contributed by atoms with Gasteiger partial charge in [0.2, 0.25) is 11.1 Å². The van der Waals surface area contributed by atoms with Crippen LogP contribution < -0.4 is 4.90 Å². The molecule has 0 bridgehead atoms. The minimum Gasteiger partial charge on any atom is -0.366 e. The van der Waals surface area contributed by atoms with E-state index in [4.69, 9.17) is 4.98 Å². The van der Waals surface area contributed by atoms with Crippen molar-refractivity contribution < 1.29 is 13.6 Å². The van der Waals surface area contributed by atoms with Crippen LogP contribution in [0.4, 0.5) is 14.5 Å². The van der Waals surface area contributed by atoms with E-state index in [1.54, 1.807) is 24.3 Å². The summed E-state index contributed by atoms with van der Waals surface area (Å²) in [4.78, 5) is 21.5. The molecular formula is C30H28F2N6OS. The van der Waals surface area contributed by atoms with Gasteiger partial charge in [-0.3, -0.25) is 4.79 Å². The molecule has 3 aromatic carbocycles. The van der Waals surface area contributed by atoms with E-state index >= 15 is 0 Å². The maximum Gasteiger partial charge on any atom is 0.222 e. The predicted molar refractivity (Wildman–Crippen MR) is 153 cm³/mol. The zero-order chi connectivity index (χ0) is 27.5. The molecule has 3 heterocycles. The van der Waals surface area contributed by atoms with Crippen LogP contribution in [0.15, 0.2) is 78.0 Å². The number of benzene rings is 3. The summed E-state index contributed by atoms with van der Waals surface area (Å²) in [6.45, 7) is 2.94. The van der Waals surface area contributed by atoms with Gasteiger partial charge in [0.05, 0.1) is 11.2 Å². The summed E-state index contributed by atoms with van der Waals surface area (Å²) in [6, 6.07) is 21.2. The molecule has 40 heavy (non-hydrogen) atoms. The number of hydrogen-bond acceptors (Lipinski definition) is 6. The molecule has 1 saturated heterocycles. The normalized spacial score (nSPS) is 13.8. The number of para-hydroxylation sites is 2. The summed E-state index contributed by atoms with van der Waals surface area (Å²) in [5.41, 5.74) is 4.00. The quantitative estimate of drug-likeness (QED) is 0.184. The van der Waals surface area contributed by atoms with Gasteiger partial charge in [-0.05, 0) is 42.3 Å². The van der Waals surface area contributed by atoms with E-state index < -0.39 is 0 Å². The van der Waals surface area contributed by atoms with Gasteiger partial charge in [0.1, 0.15) is 17.2 Å². The van der Waals surface area contributed by atoms with Crippen molar-refractivity contribution in [3.63, 3.8) is 0 Å². The Morgan fingerprint density at radius 3 is 2.42 bits per heavy atom. The van der Waals surface area contributed by atoms with Crippen LogP contribution in [0.25, 0.3) is 22.1 Å². The average Bonchev–Trinajstić information content (AvgIpc) is 3.29. The van der Waals surface area contributed by atoms with Crippen molar-refractivity contribution in [3.8, 4) is 0 Å². The first-order valence-electron chi connectivity index (χ1n) is 13.3. The summed E-state index contributed by atoms with van der Waals surface area (Å²) in [5.74, 6) is 0.302. The number of fused-ring (bicyclic) bond motifs is 3. The molecule has 0 atom stereocenters. The van der Waals surface area contributed by atoms with Gasteiger partial charge in [-0.1, -0.05) is 54.2 Å². The maximum atomic E-state index is 14.1. The highest BCUT2D eigenvalue weighted by atomic mass is 32.2. The van der Waals surface area contributed by atoms with Gasteiger partial charge in [0.15, 0.2) is 5.65 Å². The summed E-state index contributed by atoms with van der Waals surface area (Å²) in [6.07, 6.45) is 1.13. The van der Waals surface area contributed by atoms with Crippen LogP contribution in [0.1, 0.15) is 18.4 Å². The SMILES string of the molecule is O=C(CCCSc1nnc2c3ccccc3n(Cc3ccc(F)cc3)c2n1)N1CCN(c2ccccc2F)CC1. The third kappa shape index (κ3) is 5.49. The van der Waals surface area contributed by atoms with Crippen LogP contribution in [0, 0.1) is 11.6 Å². The predicted octanol–water partition coefficient (Wildman–Crippen LogP) is 5.53. The van der Waals surface area contributed by atoms with E-state index in [-0.39, 0.29) is 17.5 Å². The highest BCUT2D eigenvalue weighted by molar-refractivity contribution is 7.99. The van der Waals surface area contributed by atoms with Crippen LogP contribution >= 0.6 is 11.8 Å². The molecule has 0 N–H and O–H groups in total. The Morgan fingerprint density at radius 2 is 1.62 bits per heavy atom. The molecule has 1 amide bonds. The third-order valence-electron chi connectivity index (χ3n) is 7.20. The largest absolute Gasteiger partial charge is 0.366 e. The smallest absolute Gasteiger partial charge is 0.222 e. The minimum absolute atomic E-state index is 0.114. The van der Waals surface area contributed by atoms with Gasteiger partial charge in [0, 0.05) is 50.3 Å². The van der Waals surface area contributed by atoms with Gasteiger partial charge >= 0.3 is 0 Å². The van der Waals surface area contributed by atoms with Crippen molar-refractivity contribution in [1.29, 1.82) is 0 Å². The number of aromatic nitrogens is 4. The lowest BCUT2D eigenvalue weighted by Crippen LogP contribution is -2.49. The van der Waals surface area contributed by atoms with Crippen molar-refractivity contribution in [2.75, 3.05) is 36.8 Å². The van der Waals surface area contributed by atoms with E-state index in [2.05, 4.69) is 14.8 Å². The first-order chi connectivity index (χ1) is 19.6. The van der Waals surface area contributed by atoms with E-state index in [1.165, 1.54) is 30.0 Å². The highest BCUT2D eigenvalue weighted by Gasteiger charge is 2.22. The summed E-state index contributed by atoms with van der Waals surface area (Å²) < 4.78 is 29.6. The fourth-order valence-electron chi connectivity index (χ4n) is 5.13. The lowest BCUT2D eigenvalue weighted by molar-refractivity contribution is -0.131. The van der Waals surface area contributed by atoms with Crippen molar-refractivity contribution in [2.24, 2.45) is 0 Å². The lowest BCUT2D eigenvalue weighted by atomic mass is 10.2. The molecule has 6 rings (SSSR count). The van der Waals surface area contributed by atoms with Crippen LogP contribution in [0.3, 0.4) is 0 Å². The summed E-state index contributed by atoms with van der Waals surface area (Å²) in [7, 11) is 0. The first kappa shape index (κ1) is 26.2. The number of carbonyl (C=O) groups excluding carboxylic acids is 1. The molecule has 0 radical (unpaired) electrons.